The number of hydrogen-bond acceptors (Lipinski definition) is 5. The van der Waals surface area contributed by atoms with Crippen molar-refractivity contribution in [1.29, 1.82) is 0 Å². The highest BCUT2D eigenvalue weighted by atomic mass is 32.1. The lowest BCUT2D eigenvalue weighted by Gasteiger charge is -2.35. The van der Waals surface area contributed by atoms with Crippen LogP contribution in [0.15, 0.2) is 12.1 Å². The summed E-state index contributed by atoms with van der Waals surface area (Å²) >= 11 is 1.54. The first-order valence-corrected chi connectivity index (χ1v) is 10.8. The summed E-state index contributed by atoms with van der Waals surface area (Å²) in [6, 6.07) is 4.40. The van der Waals surface area contributed by atoms with Gasteiger partial charge in [0.2, 0.25) is 0 Å². The minimum atomic E-state index is 0.134. The summed E-state index contributed by atoms with van der Waals surface area (Å²) in [4.78, 5) is 25.3. The van der Waals surface area contributed by atoms with E-state index in [0.717, 1.165) is 60.4 Å². The largest absolute Gasteiger partial charge is 0.335 e. The van der Waals surface area contributed by atoms with Crippen LogP contribution < -0.4 is 0 Å². The van der Waals surface area contributed by atoms with Crippen LogP contribution in [-0.4, -0.2) is 79.0 Å². The number of rotatable bonds is 5. The quantitative estimate of drug-likeness (QED) is 0.772. The maximum Gasteiger partial charge on any atom is 0.265 e. The Morgan fingerprint density at radius 3 is 2.32 bits per heavy atom. The number of hydrogen-bond donors (Lipinski definition) is 0. The van der Waals surface area contributed by atoms with Gasteiger partial charge in [-0.2, -0.15) is 0 Å². The Morgan fingerprint density at radius 1 is 1.04 bits per heavy atom. The van der Waals surface area contributed by atoms with Crippen LogP contribution in [0.1, 0.15) is 32.1 Å². The Morgan fingerprint density at radius 2 is 1.68 bits per heavy atom. The Kier molecular flexibility index (Phi) is 6.53. The summed E-state index contributed by atoms with van der Waals surface area (Å²) < 4.78 is 0. The lowest BCUT2D eigenvalue weighted by molar-refractivity contribution is 0.0633. The van der Waals surface area contributed by atoms with Gasteiger partial charge in [0.05, 0.1) is 5.69 Å². The van der Waals surface area contributed by atoms with Crippen LogP contribution >= 0.6 is 11.3 Å². The van der Waals surface area contributed by atoms with Crippen molar-refractivity contribution in [2.75, 3.05) is 53.4 Å². The third-order valence-corrected chi connectivity index (χ3v) is 6.76. The van der Waals surface area contributed by atoms with Gasteiger partial charge in [-0.1, -0.05) is 6.07 Å². The number of carbonyl (C=O) groups excluding carboxylic acids is 1. The van der Waals surface area contributed by atoms with E-state index in [0.29, 0.717) is 0 Å². The van der Waals surface area contributed by atoms with Crippen molar-refractivity contribution in [3.8, 4) is 10.6 Å². The lowest BCUT2D eigenvalue weighted by Crippen LogP contribution is -2.49. The second-order valence-corrected chi connectivity index (χ2v) is 9.12. The highest BCUT2D eigenvalue weighted by Crippen LogP contribution is 2.32. The molecular formula is C22H32N4OS. The molecule has 3 rings (SSSR count). The maximum absolute atomic E-state index is 13.1. The van der Waals surface area contributed by atoms with Crippen molar-refractivity contribution >= 4 is 17.2 Å². The fraction of sp³-hybridized carbons (Fsp3) is 0.545. The maximum atomic E-state index is 13.1. The molecule has 152 valence electrons. The van der Waals surface area contributed by atoms with Gasteiger partial charge in [-0.3, -0.25) is 9.69 Å². The van der Waals surface area contributed by atoms with Gasteiger partial charge in [0.25, 0.3) is 5.91 Å². The number of benzene rings is 1. The number of aromatic nitrogens is 1. The van der Waals surface area contributed by atoms with Crippen molar-refractivity contribution in [3.63, 3.8) is 0 Å². The van der Waals surface area contributed by atoms with Crippen LogP contribution in [0.5, 0.6) is 0 Å². The fourth-order valence-electron chi connectivity index (χ4n) is 3.56. The van der Waals surface area contributed by atoms with Gasteiger partial charge < -0.3 is 9.80 Å². The smallest absolute Gasteiger partial charge is 0.265 e. The SMILES string of the molecule is Cc1cc(C)c(-c2nc(C)c(C(=O)N3CCN(CCN(C)C)CC3)s2)cc1C. The molecule has 0 unspecified atom stereocenters. The number of carbonyl (C=O) groups is 1. The summed E-state index contributed by atoms with van der Waals surface area (Å²) in [5.74, 6) is 0.134. The first kappa shape index (κ1) is 21.0. The van der Waals surface area contributed by atoms with E-state index in [1.54, 1.807) is 0 Å². The van der Waals surface area contributed by atoms with E-state index >= 15 is 0 Å². The van der Waals surface area contributed by atoms with E-state index in [-0.39, 0.29) is 5.91 Å². The number of thiazole rings is 1. The van der Waals surface area contributed by atoms with Crippen LogP contribution in [0.25, 0.3) is 10.6 Å². The standard InChI is InChI=1S/C22H32N4OS/c1-15-13-17(3)19(14-16(15)2)21-23-18(4)20(28-21)22(27)26-11-9-25(10-12-26)8-7-24(5)6/h13-14H,7-12H2,1-6H3. The first-order valence-electron chi connectivity index (χ1n) is 9.98. The molecule has 1 fully saturated rings. The number of likely N-dealkylation sites (N-methyl/N-ethyl adjacent to an activating group) is 1. The normalized spacial score (nSPS) is 15.5. The molecule has 0 N–H and O–H groups in total. The van der Waals surface area contributed by atoms with Crippen LogP contribution in [0.2, 0.25) is 0 Å². The molecule has 2 aromatic rings. The average molecular weight is 401 g/mol. The molecule has 1 amide bonds. The minimum absolute atomic E-state index is 0.134. The number of nitrogens with zero attached hydrogens (tertiary/aromatic N) is 4. The Balaban J connectivity index is 1.72. The van der Waals surface area contributed by atoms with E-state index in [4.69, 9.17) is 4.98 Å². The molecule has 5 nitrogen and oxygen atoms in total. The molecule has 1 aliphatic rings. The van der Waals surface area contributed by atoms with Crippen molar-refractivity contribution in [1.82, 2.24) is 19.7 Å². The first-order chi connectivity index (χ1) is 13.3. The molecule has 0 atom stereocenters. The molecule has 0 radical (unpaired) electrons. The molecule has 1 aromatic heterocycles. The zero-order valence-corrected chi connectivity index (χ0v) is 18.8. The number of amides is 1. The monoisotopic (exact) mass is 400 g/mol. The second kappa shape index (κ2) is 8.72. The average Bonchev–Trinajstić information content (AvgIpc) is 3.04. The summed E-state index contributed by atoms with van der Waals surface area (Å²) in [6.07, 6.45) is 0. The molecule has 0 saturated carbocycles. The molecule has 0 spiro atoms. The van der Waals surface area contributed by atoms with Gasteiger partial charge in [-0.25, -0.2) is 4.98 Å². The zero-order valence-electron chi connectivity index (χ0n) is 18.0. The summed E-state index contributed by atoms with van der Waals surface area (Å²) in [6.45, 7) is 13.9. The molecule has 0 aliphatic carbocycles. The van der Waals surface area contributed by atoms with E-state index in [2.05, 4.69) is 56.8 Å². The van der Waals surface area contributed by atoms with Crippen molar-refractivity contribution in [3.05, 3.63) is 39.4 Å². The summed E-state index contributed by atoms with van der Waals surface area (Å²) in [7, 11) is 4.20. The van der Waals surface area contributed by atoms with E-state index in [1.165, 1.54) is 28.0 Å². The van der Waals surface area contributed by atoms with Gasteiger partial charge in [-0.05, 0) is 64.5 Å². The van der Waals surface area contributed by atoms with Gasteiger partial charge >= 0.3 is 0 Å². The highest BCUT2D eigenvalue weighted by Gasteiger charge is 2.26. The Labute approximate surface area is 173 Å². The number of piperazine rings is 1. The fourth-order valence-corrected chi connectivity index (χ4v) is 4.68. The zero-order chi connectivity index (χ0) is 20.4. The third-order valence-electron chi connectivity index (χ3n) is 5.58. The van der Waals surface area contributed by atoms with Crippen molar-refractivity contribution < 1.29 is 4.79 Å². The van der Waals surface area contributed by atoms with Gasteiger partial charge in [0, 0.05) is 44.8 Å². The molecule has 1 aromatic carbocycles. The molecule has 0 bridgehead atoms. The van der Waals surface area contributed by atoms with Crippen LogP contribution in [-0.2, 0) is 0 Å². The molecule has 1 aliphatic heterocycles. The predicted octanol–water partition coefficient (Wildman–Crippen LogP) is 3.36. The van der Waals surface area contributed by atoms with Crippen LogP contribution in [0.4, 0.5) is 0 Å². The third kappa shape index (κ3) is 4.62. The molecule has 6 heteroatoms. The Hall–Kier alpha value is -1.76. The highest BCUT2D eigenvalue weighted by molar-refractivity contribution is 7.17. The number of aryl methyl sites for hydroxylation is 4. The second-order valence-electron chi connectivity index (χ2n) is 8.12. The van der Waals surface area contributed by atoms with E-state index in [9.17, 15) is 4.79 Å². The molecule has 28 heavy (non-hydrogen) atoms. The molecule has 1 saturated heterocycles. The van der Waals surface area contributed by atoms with E-state index < -0.39 is 0 Å². The van der Waals surface area contributed by atoms with Gasteiger partial charge in [0.15, 0.2) is 0 Å². The van der Waals surface area contributed by atoms with Gasteiger partial charge in [0.1, 0.15) is 9.88 Å². The summed E-state index contributed by atoms with van der Waals surface area (Å²) in [5, 5.41) is 0.950. The Bertz CT molecular complexity index is 850. The topological polar surface area (TPSA) is 39.7 Å². The molecular weight excluding hydrogens is 368 g/mol. The van der Waals surface area contributed by atoms with Crippen molar-refractivity contribution in [2.24, 2.45) is 0 Å². The molecule has 2 heterocycles. The van der Waals surface area contributed by atoms with Crippen LogP contribution in [0, 0.1) is 27.7 Å². The summed E-state index contributed by atoms with van der Waals surface area (Å²) in [5.41, 5.74) is 5.75. The lowest BCUT2D eigenvalue weighted by atomic mass is 10.0. The predicted molar refractivity (Wildman–Crippen MR) is 117 cm³/mol. The van der Waals surface area contributed by atoms with Crippen LogP contribution in [0.3, 0.4) is 0 Å². The van der Waals surface area contributed by atoms with Crippen molar-refractivity contribution in [2.45, 2.75) is 27.7 Å². The minimum Gasteiger partial charge on any atom is -0.335 e. The van der Waals surface area contributed by atoms with E-state index in [1.807, 2.05) is 11.8 Å². The van der Waals surface area contributed by atoms with Gasteiger partial charge in [-0.15, -0.1) is 11.3 Å².